The molecule has 3 N–H and O–H groups in total. The molecule has 5 heteroatoms. The van der Waals surface area contributed by atoms with Gasteiger partial charge in [0.2, 0.25) is 5.91 Å². The molecule has 2 atom stereocenters. The summed E-state index contributed by atoms with van der Waals surface area (Å²) in [6, 6.07) is 8.15. The van der Waals surface area contributed by atoms with Crippen LogP contribution in [0.5, 0.6) is 5.75 Å². The lowest BCUT2D eigenvalue weighted by molar-refractivity contribution is -0.122. The predicted octanol–water partition coefficient (Wildman–Crippen LogP) is 2.68. The van der Waals surface area contributed by atoms with Crippen LogP contribution in [0.3, 0.4) is 0 Å². The smallest absolute Gasteiger partial charge is 0.220 e. The molecular formula is C17H27ClN2O2. The lowest BCUT2D eigenvalue weighted by Crippen LogP contribution is -2.44. The quantitative estimate of drug-likeness (QED) is 0.844. The Kier molecular flexibility index (Phi) is 8.28. The van der Waals surface area contributed by atoms with Crippen molar-refractivity contribution in [1.82, 2.24) is 5.32 Å². The van der Waals surface area contributed by atoms with Gasteiger partial charge in [0.1, 0.15) is 5.75 Å². The number of halogens is 1. The second-order valence-corrected chi connectivity index (χ2v) is 5.81. The van der Waals surface area contributed by atoms with E-state index in [-0.39, 0.29) is 24.4 Å². The number of hydrogen-bond acceptors (Lipinski definition) is 3. The Labute approximate surface area is 139 Å². The minimum atomic E-state index is 0. The van der Waals surface area contributed by atoms with Crippen LogP contribution in [0.1, 0.15) is 37.7 Å². The Morgan fingerprint density at radius 2 is 2.14 bits per heavy atom. The Morgan fingerprint density at radius 1 is 1.36 bits per heavy atom. The molecule has 0 radical (unpaired) electrons. The second kappa shape index (κ2) is 9.70. The van der Waals surface area contributed by atoms with Gasteiger partial charge in [-0.2, -0.15) is 0 Å². The van der Waals surface area contributed by atoms with Crippen LogP contribution in [-0.4, -0.2) is 25.6 Å². The van der Waals surface area contributed by atoms with Crippen molar-refractivity contribution < 1.29 is 9.53 Å². The molecule has 2 rings (SSSR count). The maximum Gasteiger partial charge on any atom is 0.220 e. The zero-order valence-corrected chi connectivity index (χ0v) is 14.0. The molecule has 1 aromatic carbocycles. The van der Waals surface area contributed by atoms with Gasteiger partial charge in [-0.05, 0) is 49.4 Å². The van der Waals surface area contributed by atoms with E-state index in [1.807, 2.05) is 24.3 Å². The summed E-state index contributed by atoms with van der Waals surface area (Å²) in [5.41, 5.74) is 6.93. The fourth-order valence-electron chi connectivity index (χ4n) is 3.04. The minimum absolute atomic E-state index is 0. The molecule has 1 fully saturated rings. The highest BCUT2D eigenvalue weighted by atomic mass is 35.5. The lowest BCUT2D eigenvalue weighted by Gasteiger charge is -2.31. The van der Waals surface area contributed by atoms with Gasteiger partial charge in [-0.3, -0.25) is 4.79 Å². The van der Waals surface area contributed by atoms with Gasteiger partial charge in [0, 0.05) is 12.5 Å². The van der Waals surface area contributed by atoms with Gasteiger partial charge in [0.15, 0.2) is 0 Å². The first-order valence-corrected chi connectivity index (χ1v) is 7.85. The van der Waals surface area contributed by atoms with Crippen LogP contribution in [0.15, 0.2) is 24.3 Å². The SMILES string of the molecule is COc1cccc(CCC(=O)NC2CCCCC2CN)c1.Cl. The average molecular weight is 327 g/mol. The van der Waals surface area contributed by atoms with Crippen molar-refractivity contribution >= 4 is 18.3 Å². The number of carbonyl (C=O) groups is 1. The minimum Gasteiger partial charge on any atom is -0.497 e. The molecule has 1 amide bonds. The number of ether oxygens (including phenoxy) is 1. The van der Waals surface area contributed by atoms with E-state index >= 15 is 0 Å². The van der Waals surface area contributed by atoms with E-state index in [4.69, 9.17) is 10.5 Å². The van der Waals surface area contributed by atoms with Crippen molar-refractivity contribution in [3.8, 4) is 5.75 Å². The Hall–Kier alpha value is -1.26. The lowest BCUT2D eigenvalue weighted by atomic mass is 9.84. The average Bonchev–Trinajstić information content (AvgIpc) is 2.53. The van der Waals surface area contributed by atoms with Gasteiger partial charge in [-0.1, -0.05) is 25.0 Å². The summed E-state index contributed by atoms with van der Waals surface area (Å²) in [7, 11) is 1.65. The van der Waals surface area contributed by atoms with Crippen molar-refractivity contribution in [2.45, 2.75) is 44.6 Å². The van der Waals surface area contributed by atoms with Gasteiger partial charge < -0.3 is 15.8 Å². The van der Waals surface area contributed by atoms with Gasteiger partial charge >= 0.3 is 0 Å². The summed E-state index contributed by atoms with van der Waals surface area (Å²) < 4.78 is 5.20. The summed E-state index contributed by atoms with van der Waals surface area (Å²) in [6.07, 6.45) is 5.88. The number of aryl methyl sites for hydroxylation is 1. The number of carbonyl (C=O) groups excluding carboxylic acids is 1. The van der Waals surface area contributed by atoms with E-state index in [0.717, 1.165) is 30.6 Å². The summed E-state index contributed by atoms with van der Waals surface area (Å²) in [4.78, 5) is 12.1. The molecule has 1 aliphatic carbocycles. The van der Waals surface area contributed by atoms with E-state index in [0.29, 0.717) is 18.9 Å². The maximum atomic E-state index is 12.1. The van der Waals surface area contributed by atoms with Gasteiger partial charge in [-0.15, -0.1) is 12.4 Å². The van der Waals surface area contributed by atoms with Crippen LogP contribution in [0.25, 0.3) is 0 Å². The molecule has 4 nitrogen and oxygen atoms in total. The highest BCUT2D eigenvalue weighted by Crippen LogP contribution is 2.23. The molecule has 2 unspecified atom stereocenters. The third kappa shape index (κ3) is 5.50. The Bertz CT molecular complexity index is 468. The van der Waals surface area contributed by atoms with Crippen LogP contribution < -0.4 is 15.8 Å². The highest BCUT2D eigenvalue weighted by Gasteiger charge is 2.24. The fourth-order valence-corrected chi connectivity index (χ4v) is 3.04. The molecule has 0 saturated heterocycles. The van der Waals surface area contributed by atoms with E-state index < -0.39 is 0 Å². The normalized spacial score (nSPS) is 20.8. The second-order valence-electron chi connectivity index (χ2n) is 5.81. The molecule has 22 heavy (non-hydrogen) atoms. The number of benzene rings is 1. The molecule has 0 aliphatic heterocycles. The first-order chi connectivity index (χ1) is 10.2. The zero-order chi connectivity index (χ0) is 15.1. The molecule has 0 heterocycles. The number of methoxy groups -OCH3 is 1. The highest BCUT2D eigenvalue weighted by molar-refractivity contribution is 5.85. The Morgan fingerprint density at radius 3 is 2.86 bits per heavy atom. The van der Waals surface area contributed by atoms with Gasteiger partial charge in [0.05, 0.1) is 7.11 Å². The van der Waals surface area contributed by atoms with Crippen molar-refractivity contribution in [1.29, 1.82) is 0 Å². The molecule has 0 spiro atoms. The monoisotopic (exact) mass is 326 g/mol. The van der Waals surface area contributed by atoms with E-state index in [1.165, 1.54) is 12.8 Å². The molecule has 1 aliphatic rings. The number of rotatable bonds is 6. The molecule has 1 saturated carbocycles. The number of hydrogen-bond donors (Lipinski definition) is 2. The van der Waals surface area contributed by atoms with Crippen LogP contribution in [0.4, 0.5) is 0 Å². The van der Waals surface area contributed by atoms with E-state index in [2.05, 4.69) is 5.32 Å². The van der Waals surface area contributed by atoms with Gasteiger partial charge in [0.25, 0.3) is 0 Å². The topological polar surface area (TPSA) is 64.3 Å². The molecular weight excluding hydrogens is 300 g/mol. The van der Waals surface area contributed by atoms with Crippen LogP contribution >= 0.6 is 12.4 Å². The van der Waals surface area contributed by atoms with Crippen molar-refractivity contribution in [2.24, 2.45) is 11.7 Å². The van der Waals surface area contributed by atoms with Gasteiger partial charge in [-0.25, -0.2) is 0 Å². The molecule has 124 valence electrons. The number of nitrogens with one attached hydrogen (secondary N) is 1. The number of amides is 1. The largest absolute Gasteiger partial charge is 0.497 e. The number of nitrogens with two attached hydrogens (primary N) is 1. The van der Waals surface area contributed by atoms with Crippen LogP contribution in [-0.2, 0) is 11.2 Å². The van der Waals surface area contributed by atoms with E-state index in [1.54, 1.807) is 7.11 Å². The maximum absolute atomic E-state index is 12.1. The third-order valence-corrected chi connectivity index (χ3v) is 4.33. The Balaban J connectivity index is 0.00000242. The van der Waals surface area contributed by atoms with Crippen molar-refractivity contribution in [3.05, 3.63) is 29.8 Å². The summed E-state index contributed by atoms with van der Waals surface area (Å²) in [5.74, 6) is 1.41. The molecule has 1 aromatic rings. The summed E-state index contributed by atoms with van der Waals surface area (Å²) >= 11 is 0. The van der Waals surface area contributed by atoms with E-state index in [9.17, 15) is 4.79 Å². The third-order valence-electron chi connectivity index (χ3n) is 4.33. The summed E-state index contributed by atoms with van der Waals surface area (Å²) in [5, 5.41) is 3.17. The first kappa shape index (κ1) is 18.8. The fraction of sp³-hybridized carbons (Fsp3) is 0.588. The zero-order valence-electron chi connectivity index (χ0n) is 13.2. The molecule has 0 bridgehead atoms. The van der Waals surface area contributed by atoms with Crippen LogP contribution in [0, 0.1) is 5.92 Å². The molecule has 0 aromatic heterocycles. The summed E-state index contributed by atoms with van der Waals surface area (Å²) in [6.45, 7) is 0.667. The van der Waals surface area contributed by atoms with Crippen molar-refractivity contribution in [2.75, 3.05) is 13.7 Å². The predicted molar refractivity (Wildman–Crippen MR) is 91.5 cm³/mol. The van der Waals surface area contributed by atoms with Crippen LogP contribution in [0.2, 0.25) is 0 Å². The first-order valence-electron chi connectivity index (χ1n) is 7.85. The van der Waals surface area contributed by atoms with Crippen molar-refractivity contribution in [3.63, 3.8) is 0 Å². The standard InChI is InChI=1S/C17H26N2O2.ClH/c1-21-15-7-4-5-13(11-15)9-10-17(20)19-16-8-3-2-6-14(16)12-18;/h4-5,7,11,14,16H,2-3,6,8-10,12,18H2,1H3,(H,19,20);1H.